The summed E-state index contributed by atoms with van der Waals surface area (Å²) in [5.41, 5.74) is 13.1. The number of nitrogen functional groups attached to an aromatic ring is 1. The Balaban J connectivity index is 1.79. The Morgan fingerprint density at radius 1 is 1.00 bits per heavy atom. The summed E-state index contributed by atoms with van der Waals surface area (Å²) >= 11 is 0. The fraction of sp³-hybridized carbons (Fsp3) is 0.750. The van der Waals surface area contributed by atoms with Crippen LogP contribution in [0.4, 0.5) is 5.95 Å². The van der Waals surface area contributed by atoms with Crippen molar-refractivity contribution in [1.82, 2.24) is 19.5 Å². The third kappa shape index (κ3) is 11.3. The number of unbranched alkanes of at least 4 members (excludes halogenated alkanes) is 8. The van der Waals surface area contributed by atoms with Gasteiger partial charge in [0.1, 0.15) is 17.7 Å². The van der Waals surface area contributed by atoms with E-state index in [1.807, 2.05) is 18.4 Å². The molecule has 10 nitrogen and oxygen atoms in total. The number of hydrogen-bond acceptors (Lipinski definition) is 9. The Morgan fingerprint density at radius 2 is 1.68 bits per heavy atom. The van der Waals surface area contributed by atoms with Crippen LogP contribution >= 0.6 is 0 Å². The van der Waals surface area contributed by atoms with Gasteiger partial charge in [-0.15, -0.1) is 0 Å². The standard InChI is InChI=1S/C28H48N6O4/c1-4-6-7-8-9-10-11-12-13-14-24(35)37-18-16-22(38-27(36)25(29)21(3)5-2)15-17-34-20-32-23-19-31-28(30)33-26(23)34/h19-22,25H,4-18,29H2,1-3H3,(H2,30,31,33)/t21-,22?,25-/m0/s1. The summed E-state index contributed by atoms with van der Waals surface area (Å²) < 4.78 is 13.1. The van der Waals surface area contributed by atoms with E-state index in [0.717, 1.165) is 25.7 Å². The number of carbonyl (C=O) groups excluding carboxylic acids is 2. The summed E-state index contributed by atoms with van der Waals surface area (Å²) in [6, 6.07) is -0.696. The second-order valence-electron chi connectivity index (χ2n) is 10.2. The molecule has 0 bridgehead atoms. The number of nitrogens with two attached hydrogens (primary N) is 2. The van der Waals surface area contributed by atoms with Gasteiger partial charge in [-0.25, -0.2) is 9.97 Å². The van der Waals surface area contributed by atoms with Crippen molar-refractivity contribution >= 4 is 29.1 Å². The maximum absolute atomic E-state index is 12.7. The van der Waals surface area contributed by atoms with Crippen LogP contribution in [0.2, 0.25) is 0 Å². The van der Waals surface area contributed by atoms with Crippen molar-refractivity contribution in [1.29, 1.82) is 0 Å². The van der Waals surface area contributed by atoms with E-state index in [2.05, 4.69) is 21.9 Å². The Bertz CT molecular complexity index is 966. The molecule has 0 fully saturated rings. The second kappa shape index (κ2) is 17.7. The lowest BCUT2D eigenvalue weighted by Gasteiger charge is -2.23. The molecule has 0 radical (unpaired) electrons. The number of rotatable bonds is 20. The Kier molecular flexibility index (Phi) is 14.7. The predicted octanol–water partition coefficient (Wildman–Crippen LogP) is 4.94. The molecule has 1 unspecified atom stereocenters. The minimum Gasteiger partial charge on any atom is -0.466 e. The highest BCUT2D eigenvalue weighted by atomic mass is 16.6. The number of hydrogen-bond donors (Lipinski definition) is 2. The highest BCUT2D eigenvalue weighted by molar-refractivity contribution is 5.76. The van der Waals surface area contributed by atoms with E-state index in [-0.39, 0.29) is 24.4 Å². The van der Waals surface area contributed by atoms with E-state index in [9.17, 15) is 9.59 Å². The van der Waals surface area contributed by atoms with E-state index < -0.39 is 18.1 Å². The Morgan fingerprint density at radius 3 is 2.37 bits per heavy atom. The number of ether oxygens (including phenoxy) is 2. The summed E-state index contributed by atoms with van der Waals surface area (Å²) in [5.74, 6) is -0.468. The van der Waals surface area contributed by atoms with Crippen LogP contribution in [0.25, 0.3) is 11.2 Å². The van der Waals surface area contributed by atoms with Crippen LogP contribution in [-0.2, 0) is 25.6 Å². The van der Waals surface area contributed by atoms with Crippen molar-refractivity contribution in [3.05, 3.63) is 12.5 Å². The molecular weight excluding hydrogens is 484 g/mol. The maximum atomic E-state index is 12.7. The average Bonchev–Trinajstić information content (AvgIpc) is 3.31. The van der Waals surface area contributed by atoms with Crippen molar-refractivity contribution in [2.45, 2.75) is 123 Å². The quantitative estimate of drug-likeness (QED) is 0.179. The highest BCUT2D eigenvalue weighted by Gasteiger charge is 2.25. The molecule has 38 heavy (non-hydrogen) atoms. The van der Waals surface area contributed by atoms with Gasteiger partial charge in [0, 0.05) is 25.8 Å². The molecule has 2 aromatic heterocycles. The van der Waals surface area contributed by atoms with Gasteiger partial charge in [0.15, 0.2) is 5.65 Å². The largest absolute Gasteiger partial charge is 0.466 e. The lowest BCUT2D eigenvalue weighted by atomic mass is 10.0. The molecule has 0 aliphatic carbocycles. The van der Waals surface area contributed by atoms with Crippen molar-refractivity contribution < 1.29 is 19.1 Å². The number of imidazole rings is 1. The Labute approximate surface area is 227 Å². The summed E-state index contributed by atoms with van der Waals surface area (Å²) in [7, 11) is 0. The molecule has 0 amide bonds. The van der Waals surface area contributed by atoms with E-state index in [1.54, 1.807) is 12.5 Å². The van der Waals surface area contributed by atoms with Crippen LogP contribution in [0, 0.1) is 5.92 Å². The van der Waals surface area contributed by atoms with Crippen molar-refractivity contribution in [2.75, 3.05) is 12.3 Å². The molecule has 0 aromatic carbocycles. The number of fused-ring (bicyclic) bond motifs is 1. The average molecular weight is 533 g/mol. The van der Waals surface area contributed by atoms with Gasteiger partial charge in [-0.2, -0.15) is 4.98 Å². The smallest absolute Gasteiger partial charge is 0.323 e. The maximum Gasteiger partial charge on any atom is 0.323 e. The number of nitrogens with zero attached hydrogens (tertiary/aromatic N) is 4. The van der Waals surface area contributed by atoms with Crippen molar-refractivity contribution in [2.24, 2.45) is 11.7 Å². The van der Waals surface area contributed by atoms with E-state index in [4.69, 9.17) is 20.9 Å². The third-order valence-electron chi connectivity index (χ3n) is 7.07. The molecule has 2 heterocycles. The zero-order valence-electron chi connectivity index (χ0n) is 23.6. The van der Waals surface area contributed by atoms with Crippen molar-refractivity contribution in [3.8, 4) is 0 Å². The fourth-order valence-electron chi connectivity index (χ4n) is 4.26. The first-order valence-corrected chi connectivity index (χ1v) is 14.4. The molecule has 10 heteroatoms. The minimum atomic E-state index is -0.696. The van der Waals surface area contributed by atoms with Crippen LogP contribution in [0.15, 0.2) is 12.5 Å². The van der Waals surface area contributed by atoms with Gasteiger partial charge < -0.3 is 25.5 Å². The number of aromatic nitrogens is 4. The van der Waals surface area contributed by atoms with Crippen LogP contribution in [-0.4, -0.2) is 50.2 Å². The zero-order valence-corrected chi connectivity index (χ0v) is 23.6. The van der Waals surface area contributed by atoms with Crippen LogP contribution in [0.1, 0.15) is 104 Å². The second-order valence-corrected chi connectivity index (χ2v) is 10.2. The van der Waals surface area contributed by atoms with Crippen LogP contribution < -0.4 is 11.5 Å². The summed E-state index contributed by atoms with van der Waals surface area (Å²) in [4.78, 5) is 37.4. The van der Waals surface area contributed by atoms with Gasteiger partial charge >= 0.3 is 11.9 Å². The molecule has 0 aliphatic heterocycles. The predicted molar refractivity (Wildman–Crippen MR) is 149 cm³/mol. The first kappa shape index (κ1) is 31.5. The lowest BCUT2D eigenvalue weighted by Crippen LogP contribution is -2.40. The molecule has 0 aliphatic rings. The normalized spacial score (nSPS) is 13.8. The van der Waals surface area contributed by atoms with Gasteiger partial charge in [0.05, 0.1) is 19.1 Å². The fourth-order valence-corrected chi connectivity index (χ4v) is 4.26. The zero-order chi connectivity index (χ0) is 27.8. The molecule has 3 atom stereocenters. The minimum absolute atomic E-state index is 0.00888. The number of esters is 2. The topological polar surface area (TPSA) is 148 Å². The molecule has 0 saturated heterocycles. The van der Waals surface area contributed by atoms with Crippen LogP contribution in [0.3, 0.4) is 0 Å². The third-order valence-corrected chi connectivity index (χ3v) is 7.07. The van der Waals surface area contributed by atoms with Crippen LogP contribution in [0.5, 0.6) is 0 Å². The first-order chi connectivity index (χ1) is 18.3. The van der Waals surface area contributed by atoms with E-state index in [0.29, 0.717) is 37.0 Å². The summed E-state index contributed by atoms with van der Waals surface area (Å²) in [6.07, 6.45) is 15.6. The van der Waals surface area contributed by atoms with Gasteiger partial charge in [-0.05, 0) is 12.3 Å². The summed E-state index contributed by atoms with van der Waals surface area (Å²) in [6.45, 7) is 6.82. The molecule has 0 saturated carbocycles. The van der Waals surface area contributed by atoms with E-state index in [1.165, 1.54) is 38.5 Å². The van der Waals surface area contributed by atoms with E-state index >= 15 is 0 Å². The number of aryl methyl sites for hydroxylation is 1. The summed E-state index contributed by atoms with van der Waals surface area (Å²) in [5, 5.41) is 0. The molecule has 2 aromatic rings. The Hall–Kier alpha value is -2.75. The van der Waals surface area contributed by atoms with Gasteiger partial charge in [-0.3, -0.25) is 9.59 Å². The molecule has 0 spiro atoms. The van der Waals surface area contributed by atoms with Gasteiger partial charge in [0.2, 0.25) is 5.95 Å². The molecule has 4 N–H and O–H groups in total. The SMILES string of the molecule is CCCCCCCCCCCC(=O)OCCC(CCn1cnc2cnc(N)nc21)OC(=O)[C@@H](N)[C@@H](C)CC. The lowest BCUT2D eigenvalue weighted by molar-refractivity contribution is -0.154. The number of carbonyl (C=O) groups is 2. The molecular formula is C28H48N6O4. The number of anilines is 1. The van der Waals surface area contributed by atoms with Gasteiger partial charge in [-0.1, -0.05) is 78.6 Å². The van der Waals surface area contributed by atoms with Gasteiger partial charge in [0.25, 0.3) is 0 Å². The monoisotopic (exact) mass is 532 g/mol. The highest BCUT2D eigenvalue weighted by Crippen LogP contribution is 2.16. The molecule has 2 rings (SSSR count). The van der Waals surface area contributed by atoms with Crippen molar-refractivity contribution in [3.63, 3.8) is 0 Å². The first-order valence-electron chi connectivity index (χ1n) is 14.4. The molecule has 214 valence electrons.